The SMILES string of the molecule is CN(C[C@@H]1CCCN(C(=O)NC2CC2)C1)C(=O)OC(C)(C)C. The maximum absolute atomic E-state index is 12.1. The highest BCUT2D eigenvalue weighted by Gasteiger charge is 2.30. The van der Waals surface area contributed by atoms with Crippen LogP contribution >= 0.6 is 0 Å². The molecular weight excluding hydrogens is 282 g/mol. The van der Waals surface area contributed by atoms with E-state index in [1.165, 1.54) is 0 Å². The second kappa shape index (κ2) is 6.75. The molecule has 2 aliphatic rings. The van der Waals surface area contributed by atoms with Crippen LogP contribution in [0.3, 0.4) is 0 Å². The molecule has 1 aliphatic carbocycles. The van der Waals surface area contributed by atoms with E-state index in [-0.39, 0.29) is 12.1 Å². The number of carbonyl (C=O) groups is 2. The zero-order chi connectivity index (χ0) is 16.3. The first-order valence-electron chi connectivity index (χ1n) is 8.24. The molecule has 2 fully saturated rings. The van der Waals surface area contributed by atoms with Gasteiger partial charge in [-0.2, -0.15) is 0 Å². The van der Waals surface area contributed by atoms with E-state index < -0.39 is 5.60 Å². The number of hydrogen-bond acceptors (Lipinski definition) is 3. The number of ether oxygens (including phenoxy) is 1. The Hall–Kier alpha value is -1.46. The fourth-order valence-corrected chi connectivity index (χ4v) is 2.69. The van der Waals surface area contributed by atoms with Crippen LogP contribution < -0.4 is 5.32 Å². The third-order valence-corrected chi connectivity index (χ3v) is 3.95. The van der Waals surface area contributed by atoms with Gasteiger partial charge in [-0.15, -0.1) is 0 Å². The van der Waals surface area contributed by atoms with Gasteiger partial charge in [-0.05, 0) is 52.4 Å². The Morgan fingerprint density at radius 1 is 1.27 bits per heavy atom. The van der Waals surface area contributed by atoms with Crippen molar-refractivity contribution in [1.82, 2.24) is 15.1 Å². The molecule has 0 radical (unpaired) electrons. The largest absolute Gasteiger partial charge is 0.444 e. The second-order valence-corrected chi connectivity index (χ2v) is 7.54. The van der Waals surface area contributed by atoms with Crippen LogP contribution in [-0.4, -0.2) is 60.2 Å². The van der Waals surface area contributed by atoms with Crippen LogP contribution in [0.15, 0.2) is 0 Å². The molecule has 0 spiro atoms. The van der Waals surface area contributed by atoms with Gasteiger partial charge in [0.25, 0.3) is 0 Å². The first kappa shape index (κ1) is 16.9. The van der Waals surface area contributed by atoms with Crippen molar-refractivity contribution in [1.29, 1.82) is 0 Å². The maximum atomic E-state index is 12.1. The lowest BCUT2D eigenvalue weighted by Gasteiger charge is -2.35. The Balaban J connectivity index is 1.78. The van der Waals surface area contributed by atoms with E-state index in [1.54, 1.807) is 11.9 Å². The van der Waals surface area contributed by atoms with Gasteiger partial charge in [0.15, 0.2) is 0 Å². The third kappa shape index (κ3) is 5.39. The molecule has 1 heterocycles. The first-order valence-corrected chi connectivity index (χ1v) is 8.24. The van der Waals surface area contributed by atoms with E-state index in [2.05, 4.69) is 5.32 Å². The monoisotopic (exact) mass is 311 g/mol. The molecule has 0 aromatic heterocycles. The van der Waals surface area contributed by atoms with E-state index in [1.807, 2.05) is 25.7 Å². The molecule has 1 saturated carbocycles. The van der Waals surface area contributed by atoms with Gasteiger partial charge in [-0.3, -0.25) is 0 Å². The van der Waals surface area contributed by atoms with E-state index in [0.717, 1.165) is 32.2 Å². The normalized spacial score (nSPS) is 22.2. The van der Waals surface area contributed by atoms with Crippen molar-refractivity contribution >= 4 is 12.1 Å². The number of piperidine rings is 1. The summed E-state index contributed by atoms with van der Waals surface area (Å²) >= 11 is 0. The topological polar surface area (TPSA) is 61.9 Å². The number of likely N-dealkylation sites (tertiary alicyclic amines) is 1. The van der Waals surface area contributed by atoms with Crippen LogP contribution in [0.2, 0.25) is 0 Å². The minimum Gasteiger partial charge on any atom is -0.444 e. The van der Waals surface area contributed by atoms with Crippen LogP contribution in [0.1, 0.15) is 46.5 Å². The molecule has 126 valence electrons. The van der Waals surface area contributed by atoms with Gasteiger partial charge in [0.2, 0.25) is 0 Å². The lowest BCUT2D eigenvalue weighted by Crippen LogP contribution is -2.48. The third-order valence-electron chi connectivity index (χ3n) is 3.95. The molecule has 1 atom stereocenters. The molecule has 1 N–H and O–H groups in total. The van der Waals surface area contributed by atoms with E-state index in [4.69, 9.17) is 4.74 Å². The summed E-state index contributed by atoms with van der Waals surface area (Å²) in [5.74, 6) is 0.316. The number of rotatable bonds is 3. The van der Waals surface area contributed by atoms with Gasteiger partial charge in [-0.25, -0.2) is 9.59 Å². The molecule has 0 bridgehead atoms. The summed E-state index contributed by atoms with van der Waals surface area (Å²) in [7, 11) is 1.76. The summed E-state index contributed by atoms with van der Waals surface area (Å²) in [6, 6.07) is 0.435. The van der Waals surface area contributed by atoms with Gasteiger partial charge < -0.3 is 19.9 Å². The van der Waals surface area contributed by atoms with Crippen LogP contribution in [-0.2, 0) is 4.74 Å². The number of carbonyl (C=O) groups excluding carboxylic acids is 2. The standard InChI is InChI=1S/C16H29N3O3/c1-16(2,3)22-15(21)18(4)10-12-6-5-9-19(11-12)14(20)17-13-7-8-13/h12-13H,5-11H2,1-4H3,(H,17,20)/t12-/m0/s1. The summed E-state index contributed by atoms with van der Waals surface area (Å²) in [6.45, 7) is 7.74. The minimum absolute atomic E-state index is 0.0483. The fraction of sp³-hybridized carbons (Fsp3) is 0.875. The van der Waals surface area contributed by atoms with Crippen LogP contribution in [0, 0.1) is 5.92 Å². The minimum atomic E-state index is -0.478. The van der Waals surface area contributed by atoms with Gasteiger partial charge in [-0.1, -0.05) is 0 Å². The summed E-state index contributed by atoms with van der Waals surface area (Å²) in [5, 5.41) is 3.03. The number of urea groups is 1. The van der Waals surface area contributed by atoms with Gasteiger partial charge in [0.05, 0.1) is 0 Å². The van der Waals surface area contributed by atoms with Gasteiger partial charge in [0.1, 0.15) is 5.60 Å². The lowest BCUT2D eigenvalue weighted by atomic mass is 9.98. The zero-order valence-electron chi connectivity index (χ0n) is 14.2. The average molecular weight is 311 g/mol. The van der Waals surface area contributed by atoms with Crippen molar-refractivity contribution in [3.05, 3.63) is 0 Å². The summed E-state index contributed by atoms with van der Waals surface area (Å²) in [4.78, 5) is 27.6. The quantitative estimate of drug-likeness (QED) is 0.871. The van der Waals surface area contributed by atoms with E-state index in [0.29, 0.717) is 25.0 Å². The molecule has 1 aliphatic heterocycles. The van der Waals surface area contributed by atoms with Crippen LogP contribution in [0.5, 0.6) is 0 Å². The molecule has 22 heavy (non-hydrogen) atoms. The average Bonchev–Trinajstić information content (AvgIpc) is 3.21. The Morgan fingerprint density at radius 2 is 1.95 bits per heavy atom. The summed E-state index contributed by atoms with van der Waals surface area (Å²) in [5.41, 5.74) is -0.478. The summed E-state index contributed by atoms with van der Waals surface area (Å²) in [6.07, 6.45) is 3.94. The predicted octanol–water partition coefficient (Wildman–Crippen LogP) is 2.44. The molecule has 2 rings (SSSR count). The Morgan fingerprint density at radius 3 is 2.55 bits per heavy atom. The van der Waals surface area contributed by atoms with Crippen molar-refractivity contribution in [2.24, 2.45) is 5.92 Å². The van der Waals surface area contributed by atoms with Crippen LogP contribution in [0.4, 0.5) is 9.59 Å². The van der Waals surface area contributed by atoms with E-state index in [9.17, 15) is 9.59 Å². The van der Waals surface area contributed by atoms with Gasteiger partial charge >= 0.3 is 12.1 Å². The van der Waals surface area contributed by atoms with Crippen molar-refractivity contribution < 1.29 is 14.3 Å². The molecule has 3 amide bonds. The van der Waals surface area contributed by atoms with Crippen LogP contribution in [0.25, 0.3) is 0 Å². The molecule has 0 unspecified atom stereocenters. The van der Waals surface area contributed by atoms with Gasteiger partial charge in [0, 0.05) is 32.7 Å². The van der Waals surface area contributed by atoms with Crippen molar-refractivity contribution in [2.75, 3.05) is 26.7 Å². The van der Waals surface area contributed by atoms with Crippen molar-refractivity contribution in [3.63, 3.8) is 0 Å². The maximum Gasteiger partial charge on any atom is 0.410 e. The molecule has 6 heteroatoms. The Kier molecular flexibility index (Phi) is 5.19. The molecule has 6 nitrogen and oxygen atoms in total. The van der Waals surface area contributed by atoms with Crippen molar-refractivity contribution in [3.8, 4) is 0 Å². The number of hydrogen-bond donors (Lipinski definition) is 1. The molecule has 0 aromatic rings. The highest BCUT2D eigenvalue weighted by Crippen LogP contribution is 2.22. The predicted molar refractivity (Wildman–Crippen MR) is 84.7 cm³/mol. The highest BCUT2D eigenvalue weighted by atomic mass is 16.6. The fourth-order valence-electron chi connectivity index (χ4n) is 2.69. The summed E-state index contributed by atoms with van der Waals surface area (Å²) < 4.78 is 5.37. The number of amides is 3. The Bertz CT molecular complexity index is 415. The number of nitrogens with one attached hydrogen (secondary N) is 1. The van der Waals surface area contributed by atoms with E-state index >= 15 is 0 Å². The second-order valence-electron chi connectivity index (χ2n) is 7.54. The smallest absolute Gasteiger partial charge is 0.410 e. The highest BCUT2D eigenvalue weighted by molar-refractivity contribution is 5.75. The molecular formula is C16H29N3O3. The first-order chi connectivity index (χ1) is 10.2. The zero-order valence-corrected chi connectivity index (χ0v) is 14.2. The molecule has 0 aromatic carbocycles. The molecule has 1 saturated heterocycles. The number of nitrogens with zero attached hydrogens (tertiary/aromatic N) is 2. The van der Waals surface area contributed by atoms with Crippen molar-refractivity contribution in [2.45, 2.75) is 58.1 Å². The lowest BCUT2D eigenvalue weighted by molar-refractivity contribution is 0.0252. The Labute approximate surface area is 133 Å².